The maximum Gasteiger partial charge on any atom is 0.330 e. The van der Waals surface area contributed by atoms with E-state index in [1.165, 1.54) is 45.4 Å². The van der Waals surface area contributed by atoms with Gasteiger partial charge in [-0.3, -0.25) is 0 Å². The molecule has 1 aliphatic rings. The standard InChI is InChI=1S/C8H16.C4H6O2/c1-8-6-4-2-3-5-7-8;1-3(2)4(5)6/h8H,2-7H2,1H3;1H2,2H3,(H,5,6). The monoisotopic (exact) mass is 198 g/mol. The fourth-order valence-electron chi connectivity index (χ4n) is 1.48. The first-order valence-electron chi connectivity index (χ1n) is 5.43. The van der Waals surface area contributed by atoms with E-state index < -0.39 is 5.97 Å². The molecular formula is C12H22O2. The van der Waals surface area contributed by atoms with Crippen LogP contribution in [0.5, 0.6) is 0 Å². The van der Waals surface area contributed by atoms with Gasteiger partial charge < -0.3 is 5.11 Å². The Balaban J connectivity index is 0.000000255. The minimum atomic E-state index is -0.935. The van der Waals surface area contributed by atoms with Gasteiger partial charge in [-0.2, -0.15) is 0 Å². The van der Waals surface area contributed by atoms with Crippen LogP contribution in [-0.4, -0.2) is 11.1 Å². The summed E-state index contributed by atoms with van der Waals surface area (Å²) in [6.45, 7) is 6.98. The molecule has 0 unspecified atom stereocenters. The van der Waals surface area contributed by atoms with Crippen molar-refractivity contribution in [3.8, 4) is 0 Å². The summed E-state index contributed by atoms with van der Waals surface area (Å²) in [5.74, 6) is 0.0903. The molecule has 0 aromatic rings. The Kier molecular flexibility index (Phi) is 7.17. The molecule has 0 radical (unpaired) electrons. The van der Waals surface area contributed by atoms with Crippen LogP contribution >= 0.6 is 0 Å². The predicted molar refractivity (Wildman–Crippen MR) is 59.3 cm³/mol. The van der Waals surface area contributed by atoms with Gasteiger partial charge in [0, 0.05) is 5.57 Å². The van der Waals surface area contributed by atoms with Gasteiger partial charge in [-0.15, -0.1) is 0 Å². The second-order valence-corrected chi connectivity index (χ2v) is 4.18. The van der Waals surface area contributed by atoms with E-state index in [9.17, 15) is 4.79 Å². The smallest absolute Gasteiger partial charge is 0.330 e. The van der Waals surface area contributed by atoms with Crippen LogP contribution in [-0.2, 0) is 4.79 Å². The van der Waals surface area contributed by atoms with E-state index in [-0.39, 0.29) is 5.57 Å². The molecule has 0 bridgehead atoms. The summed E-state index contributed by atoms with van der Waals surface area (Å²) in [6.07, 6.45) is 8.93. The van der Waals surface area contributed by atoms with Crippen molar-refractivity contribution in [2.75, 3.05) is 0 Å². The van der Waals surface area contributed by atoms with Gasteiger partial charge in [0.25, 0.3) is 0 Å². The van der Waals surface area contributed by atoms with Crippen LogP contribution in [0.25, 0.3) is 0 Å². The summed E-state index contributed by atoms with van der Waals surface area (Å²) in [6, 6.07) is 0. The van der Waals surface area contributed by atoms with Crippen LogP contribution in [0.15, 0.2) is 12.2 Å². The number of hydrogen-bond acceptors (Lipinski definition) is 1. The number of carboxylic acids is 1. The predicted octanol–water partition coefficient (Wildman–Crippen LogP) is 3.62. The lowest BCUT2D eigenvalue weighted by Gasteiger charge is -2.02. The topological polar surface area (TPSA) is 37.3 Å². The second kappa shape index (κ2) is 7.60. The summed E-state index contributed by atoms with van der Waals surface area (Å²) in [7, 11) is 0. The van der Waals surface area contributed by atoms with Gasteiger partial charge in [-0.05, 0) is 12.8 Å². The normalized spacial score (nSPS) is 17.6. The average Bonchev–Trinajstić information content (AvgIpc) is 2.33. The molecule has 0 amide bonds. The first-order valence-corrected chi connectivity index (χ1v) is 5.43. The molecule has 1 aliphatic carbocycles. The van der Waals surface area contributed by atoms with Crippen molar-refractivity contribution in [3.63, 3.8) is 0 Å². The van der Waals surface area contributed by atoms with Gasteiger partial charge in [-0.25, -0.2) is 4.79 Å². The molecule has 0 spiro atoms. The van der Waals surface area contributed by atoms with Crippen LogP contribution < -0.4 is 0 Å². The van der Waals surface area contributed by atoms with Crippen molar-refractivity contribution in [2.24, 2.45) is 5.92 Å². The number of aliphatic carboxylic acids is 1. The first kappa shape index (κ1) is 13.2. The Hall–Kier alpha value is -0.790. The zero-order valence-corrected chi connectivity index (χ0v) is 9.38. The van der Waals surface area contributed by atoms with Gasteiger partial charge in [0.1, 0.15) is 0 Å². The Morgan fingerprint density at radius 3 is 1.86 bits per heavy atom. The fourth-order valence-corrected chi connectivity index (χ4v) is 1.48. The average molecular weight is 198 g/mol. The summed E-state index contributed by atoms with van der Waals surface area (Å²) < 4.78 is 0. The van der Waals surface area contributed by atoms with Gasteiger partial charge in [-0.1, -0.05) is 52.0 Å². The number of carboxylic acid groups (broad SMARTS) is 1. The molecule has 1 saturated carbocycles. The van der Waals surface area contributed by atoms with E-state index in [1.54, 1.807) is 0 Å². The SMILES string of the molecule is C=C(C)C(=O)O.CC1CCCCCC1. The molecule has 0 atom stereocenters. The maximum absolute atomic E-state index is 9.60. The minimum Gasteiger partial charge on any atom is -0.478 e. The molecule has 1 N–H and O–H groups in total. The van der Waals surface area contributed by atoms with E-state index in [0.29, 0.717) is 0 Å². The third kappa shape index (κ3) is 7.84. The highest BCUT2D eigenvalue weighted by molar-refractivity contribution is 5.84. The molecule has 0 aromatic carbocycles. The van der Waals surface area contributed by atoms with E-state index in [1.807, 2.05) is 0 Å². The minimum absolute atomic E-state index is 0.176. The Morgan fingerprint density at radius 2 is 1.57 bits per heavy atom. The van der Waals surface area contributed by atoms with Crippen molar-refractivity contribution in [1.29, 1.82) is 0 Å². The van der Waals surface area contributed by atoms with Crippen LogP contribution in [0.2, 0.25) is 0 Å². The third-order valence-electron chi connectivity index (χ3n) is 2.51. The second-order valence-electron chi connectivity index (χ2n) is 4.18. The third-order valence-corrected chi connectivity index (χ3v) is 2.51. The highest BCUT2D eigenvalue weighted by Crippen LogP contribution is 2.21. The Morgan fingerprint density at radius 1 is 1.21 bits per heavy atom. The summed E-state index contributed by atoms with van der Waals surface area (Å²) >= 11 is 0. The molecule has 0 heterocycles. The summed E-state index contributed by atoms with van der Waals surface area (Å²) in [4.78, 5) is 9.60. The van der Waals surface area contributed by atoms with E-state index in [4.69, 9.17) is 5.11 Å². The van der Waals surface area contributed by atoms with Gasteiger partial charge in [0.15, 0.2) is 0 Å². The highest BCUT2D eigenvalue weighted by Gasteiger charge is 2.05. The first-order chi connectivity index (χ1) is 6.54. The lowest BCUT2D eigenvalue weighted by Crippen LogP contribution is -1.92. The van der Waals surface area contributed by atoms with Crippen molar-refractivity contribution < 1.29 is 9.90 Å². The van der Waals surface area contributed by atoms with Crippen LogP contribution in [0.3, 0.4) is 0 Å². The highest BCUT2D eigenvalue weighted by atomic mass is 16.4. The maximum atomic E-state index is 9.60. The van der Waals surface area contributed by atoms with Gasteiger partial charge in [0.05, 0.1) is 0 Å². The summed E-state index contributed by atoms with van der Waals surface area (Å²) in [5.41, 5.74) is 0.176. The van der Waals surface area contributed by atoms with Crippen molar-refractivity contribution in [1.82, 2.24) is 0 Å². The number of rotatable bonds is 1. The molecule has 14 heavy (non-hydrogen) atoms. The van der Waals surface area contributed by atoms with E-state index in [0.717, 1.165) is 5.92 Å². The molecule has 1 fully saturated rings. The molecule has 0 saturated heterocycles. The Labute approximate surface area is 87.0 Å². The van der Waals surface area contributed by atoms with Crippen LogP contribution in [0.1, 0.15) is 52.4 Å². The van der Waals surface area contributed by atoms with Gasteiger partial charge >= 0.3 is 5.97 Å². The lowest BCUT2D eigenvalue weighted by atomic mass is 10.0. The largest absolute Gasteiger partial charge is 0.478 e. The van der Waals surface area contributed by atoms with Gasteiger partial charge in [0.2, 0.25) is 0 Å². The quantitative estimate of drug-likeness (QED) is 0.516. The number of hydrogen-bond donors (Lipinski definition) is 1. The zero-order chi connectivity index (χ0) is 11.0. The Bertz CT molecular complexity index is 165. The molecule has 1 rings (SSSR count). The van der Waals surface area contributed by atoms with E-state index >= 15 is 0 Å². The fraction of sp³-hybridized carbons (Fsp3) is 0.750. The number of carbonyl (C=O) groups is 1. The molecule has 82 valence electrons. The van der Waals surface area contributed by atoms with Crippen molar-refractivity contribution in [2.45, 2.75) is 52.4 Å². The van der Waals surface area contributed by atoms with Crippen LogP contribution in [0, 0.1) is 5.92 Å². The van der Waals surface area contributed by atoms with E-state index in [2.05, 4.69) is 13.5 Å². The molecule has 0 aliphatic heterocycles. The molecule has 2 nitrogen and oxygen atoms in total. The molecule has 0 aromatic heterocycles. The van der Waals surface area contributed by atoms with Crippen LogP contribution in [0.4, 0.5) is 0 Å². The van der Waals surface area contributed by atoms with Crippen molar-refractivity contribution in [3.05, 3.63) is 12.2 Å². The summed E-state index contributed by atoms with van der Waals surface area (Å²) in [5, 5.41) is 7.89. The lowest BCUT2D eigenvalue weighted by molar-refractivity contribution is -0.132. The zero-order valence-electron chi connectivity index (χ0n) is 9.38. The molecule has 2 heteroatoms. The van der Waals surface area contributed by atoms with Crippen molar-refractivity contribution >= 4 is 5.97 Å². The molecular weight excluding hydrogens is 176 g/mol.